The number of anilines is 1. The number of carbonyl (C=O) groups is 1. The highest BCUT2D eigenvalue weighted by Crippen LogP contribution is 2.21. The maximum atomic E-state index is 10.4. The molecule has 0 bridgehead atoms. The van der Waals surface area contributed by atoms with Crippen molar-refractivity contribution in [3.05, 3.63) is 18.3 Å². The van der Waals surface area contributed by atoms with Gasteiger partial charge in [-0.05, 0) is 26.0 Å². The lowest BCUT2D eigenvalue weighted by Crippen LogP contribution is -2.19. The maximum absolute atomic E-state index is 10.4. The summed E-state index contributed by atoms with van der Waals surface area (Å²) in [6.45, 7) is 4.49. The minimum atomic E-state index is -0.786. The third kappa shape index (κ3) is 5.05. The quantitative estimate of drug-likeness (QED) is 0.732. The number of hydrogen-bond donors (Lipinski definition) is 2. The summed E-state index contributed by atoms with van der Waals surface area (Å²) in [5.41, 5.74) is 4.84. The largest absolute Gasteiger partial charge is 0.487 e. The normalized spacial score (nSPS) is 10.1. The second kappa shape index (κ2) is 6.57. The fraction of sp³-hybridized carbons (Fsp3) is 0.455. The molecule has 1 aromatic heterocycles. The number of hydrogen-bond acceptors (Lipinski definition) is 5. The van der Waals surface area contributed by atoms with Gasteiger partial charge in [0.15, 0.2) is 11.6 Å². The molecule has 6 nitrogen and oxygen atoms in total. The van der Waals surface area contributed by atoms with Gasteiger partial charge in [0, 0.05) is 6.20 Å². The van der Waals surface area contributed by atoms with Gasteiger partial charge in [0.25, 0.3) is 0 Å². The molecule has 1 heterocycles. The van der Waals surface area contributed by atoms with Crippen LogP contribution in [-0.4, -0.2) is 30.3 Å². The molecule has 0 fully saturated rings. The van der Waals surface area contributed by atoms with E-state index in [1.54, 1.807) is 12.3 Å². The Morgan fingerprint density at radius 1 is 1.59 bits per heavy atom. The molecule has 0 aromatic carbocycles. The second-order valence-electron chi connectivity index (χ2n) is 3.61. The third-order valence-electron chi connectivity index (χ3n) is 1.77. The van der Waals surface area contributed by atoms with Crippen LogP contribution in [0.4, 0.5) is 10.6 Å². The highest BCUT2D eigenvalue weighted by Gasteiger charge is 2.05. The lowest BCUT2D eigenvalue weighted by molar-refractivity contribution is 0.161. The standard InChI is InChI=1S/C11H17N3O3/c1-8(2)17-9-4-3-5-13-10(9)14-6-7-16-11(12)15/h3-5,8H,6-7H2,1-2H3,(H2,12,15)(H,13,14). The van der Waals surface area contributed by atoms with E-state index in [0.717, 1.165) is 0 Å². The summed E-state index contributed by atoms with van der Waals surface area (Å²) in [7, 11) is 0. The summed E-state index contributed by atoms with van der Waals surface area (Å²) >= 11 is 0. The average Bonchev–Trinajstić information content (AvgIpc) is 2.25. The van der Waals surface area contributed by atoms with Crippen molar-refractivity contribution in [2.75, 3.05) is 18.5 Å². The van der Waals surface area contributed by atoms with Crippen LogP contribution in [0.1, 0.15) is 13.8 Å². The van der Waals surface area contributed by atoms with Gasteiger partial charge < -0.3 is 20.5 Å². The van der Waals surface area contributed by atoms with E-state index in [2.05, 4.69) is 15.0 Å². The minimum Gasteiger partial charge on any atom is -0.487 e. The first kappa shape index (κ1) is 13.1. The van der Waals surface area contributed by atoms with E-state index in [1.165, 1.54) is 0 Å². The number of carbonyl (C=O) groups excluding carboxylic acids is 1. The van der Waals surface area contributed by atoms with Crippen molar-refractivity contribution < 1.29 is 14.3 Å². The predicted octanol–water partition coefficient (Wildman–Crippen LogP) is 1.38. The molecular formula is C11H17N3O3. The SMILES string of the molecule is CC(C)Oc1cccnc1NCCOC(N)=O. The van der Waals surface area contributed by atoms with Gasteiger partial charge in [-0.15, -0.1) is 0 Å². The molecule has 3 N–H and O–H groups in total. The van der Waals surface area contributed by atoms with Crippen molar-refractivity contribution in [2.24, 2.45) is 5.73 Å². The summed E-state index contributed by atoms with van der Waals surface area (Å²) in [5, 5.41) is 3.01. The number of nitrogens with one attached hydrogen (secondary N) is 1. The number of aromatic nitrogens is 1. The molecular weight excluding hydrogens is 222 g/mol. The first-order valence-electron chi connectivity index (χ1n) is 5.37. The number of pyridine rings is 1. The Labute approximate surface area is 100 Å². The Bertz CT molecular complexity index is 369. The number of amides is 1. The van der Waals surface area contributed by atoms with Crippen LogP contribution in [-0.2, 0) is 4.74 Å². The van der Waals surface area contributed by atoms with E-state index >= 15 is 0 Å². The zero-order valence-electron chi connectivity index (χ0n) is 9.97. The molecule has 0 saturated carbocycles. The van der Waals surface area contributed by atoms with Gasteiger partial charge in [0.05, 0.1) is 12.6 Å². The molecule has 0 saturated heterocycles. The number of primary amides is 1. The summed E-state index contributed by atoms with van der Waals surface area (Å²) < 4.78 is 10.2. The molecule has 0 aliphatic heterocycles. The molecule has 0 aliphatic carbocycles. The molecule has 6 heteroatoms. The molecule has 1 amide bonds. The minimum absolute atomic E-state index is 0.0709. The zero-order chi connectivity index (χ0) is 12.7. The van der Waals surface area contributed by atoms with E-state index < -0.39 is 6.09 Å². The fourth-order valence-electron chi connectivity index (χ4n) is 1.19. The van der Waals surface area contributed by atoms with E-state index in [-0.39, 0.29) is 12.7 Å². The topological polar surface area (TPSA) is 86.5 Å². The molecule has 0 unspecified atom stereocenters. The number of nitrogens with zero attached hydrogens (tertiary/aromatic N) is 1. The maximum Gasteiger partial charge on any atom is 0.404 e. The smallest absolute Gasteiger partial charge is 0.404 e. The molecule has 1 rings (SSSR count). The van der Waals surface area contributed by atoms with Crippen LogP contribution >= 0.6 is 0 Å². The van der Waals surface area contributed by atoms with E-state index in [4.69, 9.17) is 10.5 Å². The Hall–Kier alpha value is -1.98. The number of ether oxygens (including phenoxy) is 2. The van der Waals surface area contributed by atoms with Crippen LogP contribution in [0.2, 0.25) is 0 Å². The summed E-state index contributed by atoms with van der Waals surface area (Å²) in [6.07, 6.45) is 0.942. The Morgan fingerprint density at radius 2 is 2.35 bits per heavy atom. The van der Waals surface area contributed by atoms with Crippen LogP contribution in [0.25, 0.3) is 0 Å². The lowest BCUT2D eigenvalue weighted by atomic mass is 10.4. The molecule has 0 radical (unpaired) electrons. The van der Waals surface area contributed by atoms with Gasteiger partial charge in [-0.3, -0.25) is 0 Å². The summed E-state index contributed by atoms with van der Waals surface area (Å²) in [4.78, 5) is 14.5. The molecule has 0 aliphatic rings. The lowest BCUT2D eigenvalue weighted by Gasteiger charge is -2.14. The highest BCUT2D eigenvalue weighted by molar-refractivity contribution is 5.64. The van der Waals surface area contributed by atoms with Gasteiger partial charge in [0.2, 0.25) is 0 Å². The van der Waals surface area contributed by atoms with Crippen LogP contribution in [0.5, 0.6) is 5.75 Å². The van der Waals surface area contributed by atoms with Crippen molar-refractivity contribution in [1.82, 2.24) is 4.98 Å². The Morgan fingerprint density at radius 3 is 3.00 bits per heavy atom. The highest BCUT2D eigenvalue weighted by atomic mass is 16.5. The van der Waals surface area contributed by atoms with Crippen molar-refractivity contribution in [2.45, 2.75) is 20.0 Å². The van der Waals surface area contributed by atoms with Gasteiger partial charge in [0.1, 0.15) is 6.61 Å². The van der Waals surface area contributed by atoms with Gasteiger partial charge >= 0.3 is 6.09 Å². The molecule has 0 spiro atoms. The van der Waals surface area contributed by atoms with Crippen molar-refractivity contribution >= 4 is 11.9 Å². The first-order valence-corrected chi connectivity index (χ1v) is 5.37. The number of rotatable bonds is 6. The van der Waals surface area contributed by atoms with Crippen LogP contribution in [0.15, 0.2) is 18.3 Å². The van der Waals surface area contributed by atoms with Gasteiger partial charge in [-0.2, -0.15) is 0 Å². The first-order chi connectivity index (χ1) is 8.09. The monoisotopic (exact) mass is 239 g/mol. The van der Waals surface area contributed by atoms with Crippen LogP contribution in [0.3, 0.4) is 0 Å². The third-order valence-corrected chi connectivity index (χ3v) is 1.77. The molecule has 0 atom stereocenters. The van der Waals surface area contributed by atoms with E-state index in [0.29, 0.717) is 18.1 Å². The zero-order valence-corrected chi connectivity index (χ0v) is 9.97. The van der Waals surface area contributed by atoms with Gasteiger partial charge in [-0.1, -0.05) is 0 Å². The van der Waals surface area contributed by atoms with Crippen molar-refractivity contribution in [3.8, 4) is 5.75 Å². The molecule has 17 heavy (non-hydrogen) atoms. The predicted molar refractivity (Wildman–Crippen MR) is 64.0 cm³/mol. The van der Waals surface area contributed by atoms with E-state index in [9.17, 15) is 4.79 Å². The Balaban J connectivity index is 2.49. The Kier molecular flexibility index (Phi) is 5.06. The van der Waals surface area contributed by atoms with Crippen molar-refractivity contribution in [1.29, 1.82) is 0 Å². The molecule has 94 valence electrons. The summed E-state index contributed by atoms with van der Waals surface area (Å²) in [6, 6.07) is 3.62. The van der Waals surface area contributed by atoms with Gasteiger partial charge in [-0.25, -0.2) is 9.78 Å². The fourth-order valence-corrected chi connectivity index (χ4v) is 1.19. The number of nitrogens with two attached hydrogens (primary N) is 1. The van der Waals surface area contributed by atoms with E-state index in [1.807, 2.05) is 19.9 Å². The second-order valence-corrected chi connectivity index (χ2v) is 3.61. The van der Waals surface area contributed by atoms with Crippen LogP contribution < -0.4 is 15.8 Å². The molecule has 1 aromatic rings. The summed E-state index contributed by atoms with van der Waals surface area (Å²) in [5.74, 6) is 1.29. The van der Waals surface area contributed by atoms with Crippen LogP contribution in [0, 0.1) is 0 Å². The van der Waals surface area contributed by atoms with Crippen molar-refractivity contribution in [3.63, 3.8) is 0 Å². The average molecular weight is 239 g/mol.